The highest BCUT2D eigenvalue weighted by Crippen LogP contribution is 2.26. The van der Waals surface area contributed by atoms with Gasteiger partial charge in [0.1, 0.15) is 23.3 Å². The van der Waals surface area contributed by atoms with Crippen molar-refractivity contribution < 1.29 is 4.39 Å². The van der Waals surface area contributed by atoms with Crippen LogP contribution in [0.25, 0.3) is 0 Å². The van der Waals surface area contributed by atoms with E-state index in [2.05, 4.69) is 43.5 Å². The number of halogens is 2. The Morgan fingerprint density at radius 2 is 1.86 bits per heavy atom. The predicted molar refractivity (Wildman–Crippen MR) is 87.7 cm³/mol. The van der Waals surface area contributed by atoms with Crippen molar-refractivity contribution in [3.8, 4) is 0 Å². The van der Waals surface area contributed by atoms with Crippen molar-refractivity contribution in [1.82, 2.24) is 9.97 Å². The lowest BCUT2D eigenvalue weighted by molar-refractivity contribution is 0.621. The average Bonchev–Trinajstić information content (AvgIpc) is 2.42. The first-order valence-electron chi connectivity index (χ1n) is 6.82. The summed E-state index contributed by atoms with van der Waals surface area (Å²) in [4.78, 5) is 8.66. The highest BCUT2D eigenvalue weighted by atomic mass is 79.9. The molecule has 1 aromatic carbocycles. The van der Waals surface area contributed by atoms with Crippen LogP contribution in [0.2, 0.25) is 0 Å². The quantitative estimate of drug-likeness (QED) is 0.827. The molecule has 4 nitrogen and oxygen atoms in total. The zero-order valence-corrected chi connectivity index (χ0v) is 13.9. The zero-order valence-electron chi connectivity index (χ0n) is 12.3. The summed E-state index contributed by atoms with van der Waals surface area (Å²) in [6.07, 6.45) is 1.02. The van der Waals surface area contributed by atoms with Crippen LogP contribution in [0.1, 0.15) is 24.7 Å². The highest BCUT2D eigenvalue weighted by Gasteiger charge is 2.08. The maximum atomic E-state index is 13.7. The van der Waals surface area contributed by atoms with E-state index in [1.807, 2.05) is 19.9 Å². The standard InChI is InChI=1S/C15H18BrFN4/c1-4-5-18-14-8-15(20-10(3)19-14)21-13-7-12(17)11(16)6-9(13)2/h6-8H,4-5H2,1-3H3,(H2,18,19,20,21). The van der Waals surface area contributed by atoms with Crippen LogP contribution in [0.5, 0.6) is 0 Å². The van der Waals surface area contributed by atoms with Crippen LogP contribution in [0.4, 0.5) is 21.7 Å². The van der Waals surface area contributed by atoms with Gasteiger partial charge in [-0.25, -0.2) is 14.4 Å². The lowest BCUT2D eigenvalue weighted by atomic mass is 10.2. The Hall–Kier alpha value is -1.69. The summed E-state index contributed by atoms with van der Waals surface area (Å²) < 4.78 is 14.1. The van der Waals surface area contributed by atoms with E-state index in [4.69, 9.17) is 0 Å². The number of benzene rings is 1. The third-order valence-corrected chi connectivity index (χ3v) is 3.53. The first-order valence-corrected chi connectivity index (χ1v) is 7.61. The summed E-state index contributed by atoms with van der Waals surface area (Å²) in [5, 5.41) is 6.37. The van der Waals surface area contributed by atoms with Gasteiger partial charge >= 0.3 is 0 Å². The van der Waals surface area contributed by atoms with E-state index in [0.29, 0.717) is 21.8 Å². The second kappa shape index (κ2) is 6.85. The first-order chi connectivity index (χ1) is 9.99. The third-order valence-electron chi connectivity index (χ3n) is 2.92. The Labute approximate surface area is 132 Å². The Kier molecular flexibility index (Phi) is 5.12. The van der Waals surface area contributed by atoms with Crippen molar-refractivity contribution >= 4 is 33.3 Å². The third kappa shape index (κ3) is 4.14. The van der Waals surface area contributed by atoms with Gasteiger partial charge in [-0.3, -0.25) is 0 Å². The normalized spacial score (nSPS) is 10.5. The van der Waals surface area contributed by atoms with Crippen molar-refractivity contribution in [2.45, 2.75) is 27.2 Å². The molecule has 0 spiro atoms. The van der Waals surface area contributed by atoms with Crippen LogP contribution in [0.15, 0.2) is 22.7 Å². The minimum absolute atomic E-state index is 0.307. The molecule has 2 N–H and O–H groups in total. The Balaban J connectivity index is 2.27. The second-order valence-corrected chi connectivity index (χ2v) is 5.67. The number of anilines is 3. The van der Waals surface area contributed by atoms with Crippen molar-refractivity contribution in [1.29, 1.82) is 0 Å². The van der Waals surface area contributed by atoms with E-state index in [0.717, 1.165) is 24.3 Å². The van der Waals surface area contributed by atoms with Crippen molar-refractivity contribution in [2.24, 2.45) is 0 Å². The molecule has 0 atom stereocenters. The topological polar surface area (TPSA) is 49.8 Å². The molecule has 1 heterocycles. The molecule has 0 saturated heterocycles. The molecule has 2 rings (SSSR count). The number of nitrogens with one attached hydrogen (secondary N) is 2. The van der Waals surface area contributed by atoms with Crippen LogP contribution < -0.4 is 10.6 Å². The lowest BCUT2D eigenvalue weighted by Crippen LogP contribution is -2.06. The lowest BCUT2D eigenvalue weighted by Gasteiger charge is -2.12. The summed E-state index contributed by atoms with van der Waals surface area (Å²) in [6.45, 7) is 6.68. The molecule has 0 unspecified atom stereocenters. The molecule has 112 valence electrons. The number of hydrogen-bond donors (Lipinski definition) is 2. The second-order valence-electron chi connectivity index (χ2n) is 4.82. The highest BCUT2D eigenvalue weighted by molar-refractivity contribution is 9.10. The molecule has 0 aliphatic carbocycles. The summed E-state index contributed by atoms with van der Waals surface area (Å²) in [6, 6.07) is 5.01. The summed E-state index contributed by atoms with van der Waals surface area (Å²) in [7, 11) is 0. The molecule has 0 amide bonds. The average molecular weight is 353 g/mol. The summed E-state index contributed by atoms with van der Waals surface area (Å²) >= 11 is 3.18. The molecule has 0 aliphatic heterocycles. The van der Waals surface area contributed by atoms with Gasteiger partial charge in [-0.1, -0.05) is 6.92 Å². The van der Waals surface area contributed by atoms with Gasteiger partial charge in [0.15, 0.2) is 0 Å². The van der Waals surface area contributed by atoms with Crippen molar-refractivity contribution in [2.75, 3.05) is 17.2 Å². The van der Waals surface area contributed by atoms with Crippen molar-refractivity contribution in [3.63, 3.8) is 0 Å². The molecular weight excluding hydrogens is 335 g/mol. The Morgan fingerprint density at radius 3 is 2.57 bits per heavy atom. The molecule has 2 aromatic rings. The zero-order chi connectivity index (χ0) is 15.4. The SMILES string of the molecule is CCCNc1cc(Nc2cc(F)c(Br)cc2C)nc(C)n1. The van der Waals surface area contributed by atoms with E-state index >= 15 is 0 Å². The number of hydrogen-bond acceptors (Lipinski definition) is 4. The maximum Gasteiger partial charge on any atom is 0.139 e. The van der Waals surface area contributed by atoms with E-state index in [1.165, 1.54) is 6.07 Å². The van der Waals surface area contributed by atoms with Crippen LogP contribution in [0, 0.1) is 19.7 Å². The van der Waals surface area contributed by atoms with Gasteiger partial charge < -0.3 is 10.6 Å². The van der Waals surface area contributed by atoms with Gasteiger partial charge in [-0.15, -0.1) is 0 Å². The van der Waals surface area contributed by atoms with E-state index < -0.39 is 0 Å². The smallest absolute Gasteiger partial charge is 0.139 e. The van der Waals surface area contributed by atoms with E-state index in [1.54, 1.807) is 6.07 Å². The molecule has 21 heavy (non-hydrogen) atoms. The molecular formula is C15H18BrFN4. The molecule has 0 saturated carbocycles. The first kappa shape index (κ1) is 15.7. The van der Waals surface area contributed by atoms with Gasteiger partial charge in [-0.05, 0) is 53.9 Å². The van der Waals surface area contributed by atoms with E-state index in [-0.39, 0.29) is 5.82 Å². The van der Waals surface area contributed by atoms with Crippen LogP contribution in [0.3, 0.4) is 0 Å². The molecule has 0 aliphatic rings. The van der Waals surface area contributed by atoms with Gasteiger partial charge in [0.05, 0.1) is 4.47 Å². The molecule has 1 aromatic heterocycles. The van der Waals surface area contributed by atoms with Gasteiger partial charge in [0.25, 0.3) is 0 Å². The fourth-order valence-corrected chi connectivity index (χ4v) is 2.35. The monoisotopic (exact) mass is 352 g/mol. The molecule has 0 fully saturated rings. The minimum Gasteiger partial charge on any atom is -0.370 e. The molecule has 0 radical (unpaired) electrons. The van der Waals surface area contributed by atoms with Gasteiger partial charge in [0, 0.05) is 18.3 Å². The van der Waals surface area contributed by atoms with Crippen LogP contribution >= 0.6 is 15.9 Å². The van der Waals surface area contributed by atoms with Crippen LogP contribution in [-0.2, 0) is 0 Å². The fraction of sp³-hybridized carbons (Fsp3) is 0.333. The number of aryl methyl sites for hydroxylation is 2. The maximum absolute atomic E-state index is 13.7. The summed E-state index contributed by atoms with van der Waals surface area (Å²) in [5.74, 6) is 1.76. The molecule has 6 heteroatoms. The van der Waals surface area contributed by atoms with Gasteiger partial charge in [0.2, 0.25) is 0 Å². The Morgan fingerprint density at radius 1 is 1.14 bits per heavy atom. The number of aromatic nitrogens is 2. The number of rotatable bonds is 5. The summed E-state index contributed by atoms with van der Waals surface area (Å²) in [5.41, 5.74) is 1.62. The largest absolute Gasteiger partial charge is 0.370 e. The van der Waals surface area contributed by atoms with Gasteiger partial charge in [-0.2, -0.15) is 0 Å². The Bertz CT molecular complexity index is 646. The number of nitrogens with zero attached hydrogens (tertiary/aromatic N) is 2. The van der Waals surface area contributed by atoms with E-state index in [9.17, 15) is 4.39 Å². The van der Waals surface area contributed by atoms with Crippen molar-refractivity contribution in [3.05, 3.63) is 39.9 Å². The van der Waals surface area contributed by atoms with Crippen LogP contribution in [-0.4, -0.2) is 16.5 Å². The predicted octanol–water partition coefficient (Wildman–Crippen LogP) is 4.56. The fourth-order valence-electron chi connectivity index (χ4n) is 1.89. The minimum atomic E-state index is -0.307. The molecule has 0 bridgehead atoms.